The maximum atomic E-state index is 13.0. The standard InChI is InChI=1S/C18H15FN2O2S/c1-10-3-8-15(22)14(9-10)21-17(23)16-11(2)20-18(24-16)12-4-6-13(19)7-5-12/h3-9,22H,1-2H3,(H,21,23). The number of thiazole rings is 1. The number of hydrogen-bond donors (Lipinski definition) is 2. The maximum absolute atomic E-state index is 13.0. The number of phenols is 1. The van der Waals surface area contributed by atoms with Crippen molar-refractivity contribution in [1.29, 1.82) is 0 Å². The Balaban J connectivity index is 1.88. The van der Waals surface area contributed by atoms with Crippen LogP contribution in [0.4, 0.5) is 10.1 Å². The number of rotatable bonds is 3. The van der Waals surface area contributed by atoms with Crippen LogP contribution < -0.4 is 5.32 Å². The highest BCUT2D eigenvalue weighted by molar-refractivity contribution is 7.17. The molecule has 0 atom stereocenters. The van der Waals surface area contributed by atoms with Gasteiger partial charge in [-0.05, 0) is 55.8 Å². The summed E-state index contributed by atoms with van der Waals surface area (Å²) >= 11 is 1.23. The molecule has 3 aromatic rings. The van der Waals surface area contributed by atoms with Crippen molar-refractivity contribution in [2.75, 3.05) is 5.32 Å². The normalized spacial score (nSPS) is 10.6. The van der Waals surface area contributed by atoms with Gasteiger partial charge in [-0.25, -0.2) is 9.37 Å². The highest BCUT2D eigenvalue weighted by atomic mass is 32.1. The first-order valence-electron chi connectivity index (χ1n) is 7.28. The first-order valence-corrected chi connectivity index (χ1v) is 8.10. The van der Waals surface area contributed by atoms with E-state index in [1.807, 2.05) is 6.92 Å². The number of nitrogens with zero attached hydrogens (tertiary/aromatic N) is 1. The molecular formula is C18H15FN2O2S. The highest BCUT2D eigenvalue weighted by Crippen LogP contribution is 2.30. The van der Waals surface area contributed by atoms with E-state index in [0.29, 0.717) is 21.3 Å². The molecule has 2 aromatic carbocycles. The van der Waals surface area contributed by atoms with E-state index >= 15 is 0 Å². The summed E-state index contributed by atoms with van der Waals surface area (Å²) in [6, 6.07) is 11.0. The Morgan fingerprint density at radius 2 is 1.88 bits per heavy atom. The van der Waals surface area contributed by atoms with Gasteiger partial charge in [0.25, 0.3) is 5.91 Å². The van der Waals surface area contributed by atoms with Crippen LogP contribution in [0, 0.1) is 19.7 Å². The summed E-state index contributed by atoms with van der Waals surface area (Å²) in [4.78, 5) is 17.3. The first-order chi connectivity index (χ1) is 11.4. The monoisotopic (exact) mass is 342 g/mol. The number of benzene rings is 2. The van der Waals surface area contributed by atoms with Gasteiger partial charge in [-0.3, -0.25) is 4.79 Å². The fraction of sp³-hybridized carbons (Fsp3) is 0.111. The largest absolute Gasteiger partial charge is 0.506 e. The van der Waals surface area contributed by atoms with Crippen LogP contribution in [0.2, 0.25) is 0 Å². The van der Waals surface area contributed by atoms with E-state index in [-0.39, 0.29) is 17.5 Å². The Bertz CT molecular complexity index is 904. The number of aromatic hydroxyl groups is 1. The van der Waals surface area contributed by atoms with E-state index < -0.39 is 0 Å². The van der Waals surface area contributed by atoms with Crippen LogP contribution in [0.1, 0.15) is 20.9 Å². The molecule has 0 saturated heterocycles. The van der Waals surface area contributed by atoms with Gasteiger partial charge in [0.1, 0.15) is 21.5 Å². The van der Waals surface area contributed by atoms with Crippen molar-refractivity contribution in [2.24, 2.45) is 0 Å². The molecular weight excluding hydrogens is 327 g/mol. The number of aryl methyl sites for hydroxylation is 2. The number of anilines is 1. The minimum Gasteiger partial charge on any atom is -0.506 e. The van der Waals surface area contributed by atoms with Crippen LogP contribution >= 0.6 is 11.3 Å². The van der Waals surface area contributed by atoms with Crippen molar-refractivity contribution < 1.29 is 14.3 Å². The molecule has 122 valence electrons. The summed E-state index contributed by atoms with van der Waals surface area (Å²) in [5.74, 6) is -0.644. The molecule has 0 fully saturated rings. The van der Waals surface area contributed by atoms with Gasteiger partial charge in [-0.1, -0.05) is 6.07 Å². The molecule has 6 heteroatoms. The second-order valence-electron chi connectivity index (χ2n) is 5.42. The third-order valence-electron chi connectivity index (χ3n) is 3.49. The number of halogens is 1. The maximum Gasteiger partial charge on any atom is 0.267 e. The smallest absolute Gasteiger partial charge is 0.267 e. The van der Waals surface area contributed by atoms with Gasteiger partial charge in [0.2, 0.25) is 0 Å². The number of phenolic OH excluding ortho intramolecular Hbond substituents is 1. The van der Waals surface area contributed by atoms with Gasteiger partial charge < -0.3 is 10.4 Å². The molecule has 1 aromatic heterocycles. The Morgan fingerprint density at radius 3 is 2.58 bits per heavy atom. The molecule has 3 rings (SSSR count). The van der Waals surface area contributed by atoms with Crippen molar-refractivity contribution in [3.8, 4) is 16.3 Å². The predicted octanol–water partition coefficient (Wildman–Crippen LogP) is 4.52. The SMILES string of the molecule is Cc1ccc(O)c(NC(=O)c2sc(-c3ccc(F)cc3)nc2C)c1. The molecule has 0 aliphatic heterocycles. The van der Waals surface area contributed by atoms with Crippen molar-refractivity contribution in [1.82, 2.24) is 4.98 Å². The van der Waals surface area contributed by atoms with Crippen molar-refractivity contribution in [2.45, 2.75) is 13.8 Å². The van der Waals surface area contributed by atoms with Gasteiger partial charge in [-0.15, -0.1) is 11.3 Å². The summed E-state index contributed by atoms with van der Waals surface area (Å²) in [7, 11) is 0. The van der Waals surface area contributed by atoms with Crippen LogP contribution in [-0.2, 0) is 0 Å². The zero-order chi connectivity index (χ0) is 17.3. The summed E-state index contributed by atoms with van der Waals surface area (Å²) in [6.45, 7) is 3.62. The van der Waals surface area contributed by atoms with Crippen molar-refractivity contribution >= 4 is 22.9 Å². The molecule has 0 spiro atoms. The third-order valence-corrected chi connectivity index (χ3v) is 4.70. The highest BCUT2D eigenvalue weighted by Gasteiger charge is 2.17. The van der Waals surface area contributed by atoms with Crippen LogP contribution in [-0.4, -0.2) is 16.0 Å². The Morgan fingerprint density at radius 1 is 1.17 bits per heavy atom. The van der Waals surface area contributed by atoms with Crippen molar-refractivity contribution in [3.63, 3.8) is 0 Å². The van der Waals surface area contributed by atoms with Gasteiger partial charge >= 0.3 is 0 Å². The summed E-state index contributed by atoms with van der Waals surface area (Å²) < 4.78 is 13.0. The summed E-state index contributed by atoms with van der Waals surface area (Å²) in [5.41, 5.74) is 2.62. The van der Waals surface area contributed by atoms with E-state index in [2.05, 4.69) is 10.3 Å². The predicted molar refractivity (Wildman–Crippen MR) is 93.0 cm³/mol. The number of nitrogens with one attached hydrogen (secondary N) is 1. The Labute approximate surface area is 142 Å². The van der Waals surface area contributed by atoms with E-state index in [9.17, 15) is 14.3 Å². The minimum atomic E-state index is -0.334. The lowest BCUT2D eigenvalue weighted by molar-refractivity contribution is 0.102. The minimum absolute atomic E-state index is 0.00914. The molecule has 4 nitrogen and oxygen atoms in total. The molecule has 0 unspecified atom stereocenters. The van der Waals surface area contributed by atoms with E-state index in [0.717, 1.165) is 11.1 Å². The molecule has 24 heavy (non-hydrogen) atoms. The lowest BCUT2D eigenvalue weighted by Crippen LogP contribution is -2.11. The van der Waals surface area contributed by atoms with Gasteiger partial charge in [0, 0.05) is 5.56 Å². The zero-order valence-electron chi connectivity index (χ0n) is 13.1. The van der Waals surface area contributed by atoms with Crippen LogP contribution in [0.15, 0.2) is 42.5 Å². The van der Waals surface area contributed by atoms with Gasteiger partial charge in [0.05, 0.1) is 11.4 Å². The molecule has 0 radical (unpaired) electrons. The van der Waals surface area contributed by atoms with Crippen LogP contribution in [0.3, 0.4) is 0 Å². The molecule has 1 amide bonds. The fourth-order valence-corrected chi connectivity index (χ4v) is 3.22. The second kappa shape index (κ2) is 6.41. The number of amides is 1. The Kier molecular flexibility index (Phi) is 4.31. The molecule has 0 aliphatic carbocycles. The third kappa shape index (κ3) is 3.28. The quantitative estimate of drug-likeness (QED) is 0.688. The summed E-state index contributed by atoms with van der Waals surface area (Å²) in [6.07, 6.45) is 0. The zero-order valence-corrected chi connectivity index (χ0v) is 13.9. The molecule has 0 aliphatic rings. The van der Waals surface area contributed by atoms with E-state index in [4.69, 9.17) is 0 Å². The first kappa shape index (κ1) is 16.1. The van der Waals surface area contributed by atoms with E-state index in [1.165, 1.54) is 29.5 Å². The lowest BCUT2D eigenvalue weighted by Gasteiger charge is -2.07. The van der Waals surface area contributed by atoms with Crippen LogP contribution in [0.25, 0.3) is 10.6 Å². The number of carbonyl (C=O) groups excluding carboxylic acids is 1. The average molecular weight is 342 g/mol. The number of carbonyl (C=O) groups is 1. The number of aromatic nitrogens is 1. The van der Waals surface area contributed by atoms with Crippen LogP contribution in [0.5, 0.6) is 5.75 Å². The fourth-order valence-electron chi connectivity index (χ4n) is 2.25. The molecule has 0 saturated carbocycles. The van der Waals surface area contributed by atoms with Gasteiger partial charge in [-0.2, -0.15) is 0 Å². The average Bonchev–Trinajstić information content (AvgIpc) is 2.93. The van der Waals surface area contributed by atoms with E-state index in [1.54, 1.807) is 31.2 Å². The molecule has 0 bridgehead atoms. The molecule has 2 N–H and O–H groups in total. The Hall–Kier alpha value is -2.73. The topological polar surface area (TPSA) is 62.2 Å². The van der Waals surface area contributed by atoms with Gasteiger partial charge in [0.15, 0.2) is 0 Å². The second-order valence-corrected chi connectivity index (χ2v) is 6.41. The lowest BCUT2D eigenvalue weighted by atomic mass is 10.2. The summed E-state index contributed by atoms with van der Waals surface area (Å²) in [5, 5.41) is 13.2. The number of hydrogen-bond acceptors (Lipinski definition) is 4. The van der Waals surface area contributed by atoms with Crippen molar-refractivity contribution in [3.05, 3.63) is 64.4 Å². The molecule has 1 heterocycles.